The Morgan fingerprint density at radius 3 is 2.39 bits per heavy atom. The number of hydrogen-bond donors (Lipinski definition) is 1. The Bertz CT molecular complexity index is 1430. The van der Waals surface area contributed by atoms with Crippen molar-refractivity contribution >= 4 is 11.2 Å². The third-order valence-corrected chi connectivity index (χ3v) is 5.20. The quantitative estimate of drug-likeness (QED) is 0.469. The van der Waals surface area contributed by atoms with Crippen LogP contribution in [0.5, 0.6) is 5.75 Å². The van der Waals surface area contributed by atoms with E-state index in [2.05, 4.69) is 9.97 Å². The second-order valence-electron chi connectivity index (χ2n) is 7.30. The van der Waals surface area contributed by atoms with Crippen molar-refractivity contribution in [1.29, 1.82) is 0 Å². The molecule has 3 aromatic carbocycles. The fourth-order valence-corrected chi connectivity index (χ4v) is 3.68. The van der Waals surface area contributed by atoms with Gasteiger partial charge in [-0.3, -0.25) is 9.36 Å². The molecule has 0 amide bonds. The monoisotopic (exact) mass is 405 g/mol. The summed E-state index contributed by atoms with van der Waals surface area (Å²) >= 11 is 0. The van der Waals surface area contributed by atoms with Crippen LogP contribution in [0.1, 0.15) is 11.3 Å². The molecule has 0 unspecified atom stereocenters. The lowest BCUT2D eigenvalue weighted by atomic mass is 10.1. The topological polar surface area (TPSA) is 68.0 Å². The number of rotatable bonds is 4. The number of hydrogen-bond acceptors (Lipinski definition) is 4. The van der Waals surface area contributed by atoms with Crippen LogP contribution in [0.3, 0.4) is 0 Å². The van der Waals surface area contributed by atoms with Gasteiger partial charge in [0.2, 0.25) is 0 Å². The van der Waals surface area contributed by atoms with Crippen molar-refractivity contribution < 1.29 is 5.11 Å². The molecule has 0 aliphatic rings. The van der Waals surface area contributed by atoms with Crippen molar-refractivity contribution in [2.75, 3.05) is 0 Å². The Morgan fingerprint density at radius 1 is 0.806 bits per heavy atom. The van der Waals surface area contributed by atoms with Gasteiger partial charge in [-0.1, -0.05) is 54.6 Å². The largest absolute Gasteiger partial charge is 0.508 e. The van der Waals surface area contributed by atoms with Gasteiger partial charge in [0.05, 0.1) is 5.69 Å². The van der Waals surface area contributed by atoms with E-state index in [9.17, 15) is 9.90 Å². The summed E-state index contributed by atoms with van der Waals surface area (Å²) in [6.07, 6.45) is 2.03. The van der Waals surface area contributed by atoms with Gasteiger partial charge in [0.1, 0.15) is 17.0 Å². The average Bonchev–Trinajstić information content (AvgIpc) is 2.82. The highest BCUT2D eigenvalue weighted by Gasteiger charge is 2.14. The Balaban J connectivity index is 1.69. The van der Waals surface area contributed by atoms with Gasteiger partial charge in [-0.15, -0.1) is 0 Å². The van der Waals surface area contributed by atoms with E-state index in [1.807, 2.05) is 66.7 Å². The molecule has 0 aliphatic carbocycles. The summed E-state index contributed by atoms with van der Waals surface area (Å²) in [4.78, 5) is 22.6. The predicted octanol–water partition coefficient (Wildman–Crippen LogP) is 4.74. The summed E-state index contributed by atoms with van der Waals surface area (Å²) in [6, 6.07) is 28.4. The first-order valence-electron chi connectivity index (χ1n) is 9.99. The minimum Gasteiger partial charge on any atom is -0.508 e. The second-order valence-corrected chi connectivity index (χ2v) is 7.30. The highest BCUT2D eigenvalue weighted by molar-refractivity contribution is 5.74. The summed E-state index contributed by atoms with van der Waals surface area (Å²) in [7, 11) is 0. The summed E-state index contributed by atoms with van der Waals surface area (Å²) < 4.78 is 1.63. The first kappa shape index (κ1) is 18.8. The summed E-state index contributed by atoms with van der Waals surface area (Å²) in [5.41, 5.74) is 5.13. The molecule has 150 valence electrons. The van der Waals surface area contributed by atoms with Gasteiger partial charge in [0.15, 0.2) is 5.65 Å². The van der Waals surface area contributed by atoms with E-state index < -0.39 is 0 Å². The zero-order valence-corrected chi connectivity index (χ0v) is 16.6. The smallest absolute Gasteiger partial charge is 0.278 e. The van der Waals surface area contributed by atoms with E-state index in [0.717, 1.165) is 22.4 Å². The standard InChI is InChI=1S/C26H19N3O2/c30-22-13-11-18(12-14-22)16-24-26(31)29(25-23(28-24)10-5-15-27-25)21-9-4-8-20(17-21)19-6-2-1-3-7-19/h1-15,17,30H,16H2. The van der Waals surface area contributed by atoms with E-state index in [-0.39, 0.29) is 11.3 Å². The van der Waals surface area contributed by atoms with E-state index >= 15 is 0 Å². The molecule has 0 fully saturated rings. The molecule has 0 spiro atoms. The zero-order chi connectivity index (χ0) is 21.2. The Labute approximate surface area is 178 Å². The third-order valence-electron chi connectivity index (χ3n) is 5.20. The normalized spacial score (nSPS) is 11.0. The Kier molecular flexibility index (Phi) is 4.77. The third kappa shape index (κ3) is 3.69. The van der Waals surface area contributed by atoms with Crippen LogP contribution in [0.4, 0.5) is 0 Å². The molecule has 0 saturated heterocycles. The van der Waals surface area contributed by atoms with Crippen molar-refractivity contribution in [3.05, 3.63) is 119 Å². The fourth-order valence-electron chi connectivity index (χ4n) is 3.68. The van der Waals surface area contributed by atoms with Gasteiger partial charge < -0.3 is 5.11 Å². The molecule has 0 bridgehead atoms. The fraction of sp³-hybridized carbons (Fsp3) is 0.0385. The molecule has 0 aliphatic heterocycles. The number of benzene rings is 3. The van der Waals surface area contributed by atoms with E-state index in [1.54, 1.807) is 35.0 Å². The highest BCUT2D eigenvalue weighted by atomic mass is 16.3. The molecule has 0 radical (unpaired) electrons. The molecular formula is C26H19N3O2. The molecule has 5 aromatic rings. The molecule has 5 rings (SSSR count). The van der Waals surface area contributed by atoms with Crippen LogP contribution in [0.2, 0.25) is 0 Å². The van der Waals surface area contributed by atoms with Crippen molar-refractivity contribution in [3.63, 3.8) is 0 Å². The maximum absolute atomic E-state index is 13.5. The molecule has 0 atom stereocenters. The van der Waals surface area contributed by atoms with Crippen molar-refractivity contribution in [1.82, 2.24) is 14.5 Å². The SMILES string of the molecule is O=c1c(Cc2ccc(O)cc2)nc2cccnc2n1-c1cccc(-c2ccccc2)c1. The van der Waals surface area contributed by atoms with Crippen LogP contribution < -0.4 is 5.56 Å². The molecule has 0 saturated carbocycles. The molecule has 2 heterocycles. The maximum Gasteiger partial charge on any atom is 0.278 e. The van der Waals surface area contributed by atoms with E-state index in [4.69, 9.17) is 0 Å². The summed E-state index contributed by atoms with van der Waals surface area (Å²) in [5, 5.41) is 9.54. The number of pyridine rings is 1. The maximum atomic E-state index is 13.5. The van der Waals surface area contributed by atoms with Crippen LogP contribution in [0.15, 0.2) is 102 Å². The first-order valence-corrected chi connectivity index (χ1v) is 9.99. The molecular weight excluding hydrogens is 386 g/mol. The number of aromatic hydroxyl groups is 1. The van der Waals surface area contributed by atoms with Crippen LogP contribution in [0.25, 0.3) is 28.0 Å². The van der Waals surface area contributed by atoms with Crippen LogP contribution in [-0.4, -0.2) is 19.6 Å². The lowest BCUT2D eigenvalue weighted by Gasteiger charge is -2.13. The van der Waals surface area contributed by atoms with Crippen LogP contribution >= 0.6 is 0 Å². The summed E-state index contributed by atoms with van der Waals surface area (Å²) in [5.74, 6) is 0.189. The van der Waals surface area contributed by atoms with Crippen LogP contribution in [-0.2, 0) is 6.42 Å². The Hall–Kier alpha value is -4.25. The van der Waals surface area contributed by atoms with Gasteiger partial charge in [-0.2, -0.15) is 0 Å². The number of nitrogens with zero attached hydrogens (tertiary/aromatic N) is 3. The minimum absolute atomic E-state index is 0.189. The molecule has 2 aromatic heterocycles. The van der Waals surface area contributed by atoms with Crippen molar-refractivity contribution in [2.45, 2.75) is 6.42 Å². The average molecular weight is 405 g/mol. The van der Waals surface area contributed by atoms with Gasteiger partial charge >= 0.3 is 0 Å². The minimum atomic E-state index is -0.204. The molecule has 1 N–H and O–H groups in total. The summed E-state index contributed by atoms with van der Waals surface area (Å²) in [6.45, 7) is 0. The van der Waals surface area contributed by atoms with Gasteiger partial charge in [-0.05, 0) is 53.1 Å². The van der Waals surface area contributed by atoms with Crippen molar-refractivity contribution in [3.8, 4) is 22.6 Å². The molecule has 5 heteroatoms. The number of fused-ring (bicyclic) bond motifs is 1. The predicted molar refractivity (Wildman–Crippen MR) is 121 cm³/mol. The molecule has 5 nitrogen and oxygen atoms in total. The van der Waals surface area contributed by atoms with Crippen molar-refractivity contribution in [2.24, 2.45) is 0 Å². The van der Waals surface area contributed by atoms with Gasteiger partial charge in [0, 0.05) is 12.6 Å². The van der Waals surface area contributed by atoms with Crippen LogP contribution in [0, 0.1) is 0 Å². The lowest BCUT2D eigenvalue weighted by Crippen LogP contribution is -2.25. The molecule has 31 heavy (non-hydrogen) atoms. The number of phenolic OH excluding ortho intramolecular Hbond substituents is 1. The first-order chi connectivity index (χ1) is 15.2. The number of phenols is 1. The number of aromatic nitrogens is 3. The van der Waals surface area contributed by atoms with Gasteiger partial charge in [-0.25, -0.2) is 9.97 Å². The second kappa shape index (κ2) is 7.88. The zero-order valence-electron chi connectivity index (χ0n) is 16.6. The highest BCUT2D eigenvalue weighted by Crippen LogP contribution is 2.23. The van der Waals surface area contributed by atoms with E-state index in [0.29, 0.717) is 23.3 Å². The lowest BCUT2D eigenvalue weighted by molar-refractivity contribution is 0.475. The van der Waals surface area contributed by atoms with Gasteiger partial charge in [0.25, 0.3) is 5.56 Å². The Morgan fingerprint density at radius 2 is 1.58 bits per heavy atom. The van der Waals surface area contributed by atoms with E-state index in [1.165, 1.54) is 0 Å².